The van der Waals surface area contributed by atoms with E-state index in [-0.39, 0.29) is 11.9 Å². The minimum atomic E-state index is -0.483. The largest absolute Gasteiger partial charge is 0.467 e. The number of thiophene rings is 1. The number of nitrogens with two attached hydrogens (primary N) is 1. The van der Waals surface area contributed by atoms with Gasteiger partial charge >= 0.3 is 5.97 Å². The van der Waals surface area contributed by atoms with Gasteiger partial charge in [0, 0.05) is 0 Å². The van der Waals surface area contributed by atoms with Gasteiger partial charge in [0.15, 0.2) is 0 Å². The fourth-order valence-electron chi connectivity index (χ4n) is 1.80. The summed E-state index contributed by atoms with van der Waals surface area (Å²) in [5.74, 6) is 5.96. The number of methoxy groups -OCH3 is 1. The number of ether oxygens (including phenoxy) is 1. The molecule has 0 saturated heterocycles. The van der Waals surface area contributed by atoms with Gasteiger partial charge in [0.2, 0.25) is 5.95 Å². The number of nitrogens with one attached hydrogen (secondary N) is 2. The molecule has 0 radical (unpaired) electrons. The van der Waals surface area contributed by atoms with Crippen molar-refractivity contribution in [2.45, 2.75) is 19.9 Å². The third-order valence-electron chi connectivity index (χ3n) is 2.87. The van der Waals surface area contributed by atoms with Crippen LogP contribution in [0.3, 0.4) is 0 Å². The Bertz CT molecular complexity index is 613. The molecule has 8 heteroatoms. The summed E-state index contributed by atoms with van der Waals surface area (Å²) >= 11 is 1.48. The highest BCUT2D eigenvalue weighted by molar-refractivity contribution is 7.16. The number of hydrazine groups is 1. The summed E-state index contributed by atoms with van der Waals surface area (Å²) in [4.78, 5) is 21.1. The van der Waals surface area contributed by atoms with Crippen LogP contribution in [0.15, 0.2) is 11.4 Å². The number of rotatable bonds is 5. The number of aromatic nitrogens is 2. The number of fused-ring (bicyclic) bond motifs is 1. The highest BCUT2D eigenvalue weighted by atomic mass is 32.1. The monoisotopic (exact) mass is 295 g/mol. The van der Waals surface area contributed by atoms with Crippen LogP contribution in [-0.4, -0.2) is 29.1 Å². The lowest BCUT2D eigenvalue weighted by molar-refractivity contribution is -0.142. The van der Waals surface area contributed by atoms with Crippen LogP contribution >= 0.6 is 11.3 Å². The average Bonchev–Trinajstić information content (AvgIpc) is 2.91. The predicted molar refractivity (Wildman–Crippen MR) is 79.5 cm³/mol. The van der Waals surface area contributed by atoms with Crippen molar-refractivity contribution in [3.8, 4) is 0 Å². The third-order valence-corrected chi connectivity index (χ3v) is 3.67. The van der Waals surface area contributed by atoms with E-state index in [0.29, 0.717) is 11.8 Å². The van der Waals surface area contributed by atoms with E-state index >= 15 is 0 Å². The lowest BCUT2D eigenvalue weighted by Gasteiger charge is -2.20. The third kappa shape index (κ3) is 2.81. The first-order chi connectivity index (χ1) is 9.56. The normalized spacial score (nSPS) is 12.4. The number of carbonyl (C=O) groups is 1. The molecule has 0 saturated carbocycles. The van der Waals surface area contributed by atoms with Gasteiger partial charge in [0.1, 0.15) is 16.7 Å². The van der Waals surface area contributed by atoms with Crippen LogP contribution in [0, 0.1) is 5.92 Å². The molecule has 2 aromatic rings. The molecule has 108 valence electrons. The van der Waals surface area contributed by atoms with E-state index in [9.17, 15) is 4.79 Å². The van der Waals surface area contributed by atoms with Gasteiger partial charge in [-0.05, 0) is 17.4 Å². The van der Waals surface area contributed by atoms with Gasteiger partial charge in [-0.15, -0.1) is 11.3 Å². The van der Waals surface area contributed by atoms with Crippen molar-refractivity contribution in [3.63, 3.8) is 0 Å². The number of anilines is 2. The van der Waals surface area contributed by atoms with E-state index < -0.39 is 6.04 Å². The van der Waals surface area contributed by atoms with Gasteiger partial charge in [-0.1, -0.05) is 13.8 Å². The molecule has 1 unspecified atom stereocenters. The van der Waals surface area contributed by atoms with E-state index in [1.165, 1.54) is 18.4 Å². The molecule has 2 aromatic heterocycles. The Morgan fingerprint density at radius 2 is 2.20 bits per heavy atom. The van der Waals surface area contributed by atoms with Crippen molar-refractivity contribution in [2.75, 3.05) is 17.9 Å². The standard InChI is InChI=1S/C12H17N5O2S/c1-6(2)8(11(18)19-3)14-9-7-4-5-20-10(7)16-12(15-9)17-13/h4-6,8H,13H2,1-3H3,(H2,14,15,16,17). The molecule has 0 bridgehead atoms. The van der Waals surface area contributed by atoms with Crippen LogP contribution in [0.2, 0.25) is 0 Å². The fraction of sp³-hybridized carbons (Fsp3) is 0.417. The number of nitrogens with zero attached hydrogens (tertiary/aromatic N) is 2. The lowest BCUT2D eigenvalue weighted by atomic mass is 10.0. The average molecular weight is 295 g/mol. The molecular weight excluding hydrogens is 278 g/mol. The zero-order chi connectivity index (χ0) is 14.7. The van der Waals surface area contributed by atoms with Crippen molar-refractivity contribution < 1.29 is 9.53 Å². The topological polar surface area (TPSA) is 102 Å². The first-order valence-electron chi connectivity index (χ1n) is 6.13. The molecule has 4 N–H and O–H groups in total. The van der Waals surface area contributed by atoms with Gasteiger partial charge in [0.25, 0.3) is 0 Å². The van der Waals surface area contributed by atoms with Crippen LogP contribution in [0.25, 0.3) is 10.2 Å². The van der Waals surface area contributed by atoms with E-state index in [0.717, 1.165) is 10.2 Å². The lowest BCUT2D eigenvalue weighted by Crippen LogP contribution is -2.36. The molecule has 2 heterocycles. The van der Waals surface area contributed by atoms with E-state index in [4.69, 9.17) is 10.6 Å². The molecule has 0 aliphatic heterocycles. The van der Waals surface area contributed by atoms with E-state index in [2.05, 4.69) is 20.7 Å². The second-order valence-electron chi connectivity index (χ2n) is 4.57. The first kappa shape index (κ1) is 14.5. The minimum absolute atomic E-state index is 0.0559. The molecule has 1 atom stereocenters. The van der Waals surface area contributed by atoms with Crippen LogP contribution in [-0.2, 0) is 9.53 Å². The van der Waals surface area contributed by atoms with E-state index in [1.807, 2.05) is 25.3 Å². The molecule has 0 aliphatic carbocycles. The molecule has 0 aromatic carbocycles. The smallest absolute Gasteiger partial charge is 0.328 e. The maximum atomic E-state index is 11.8. The second kappa shape index (κ2) is 6.02. The quantitative estimate of drug-likeness (QED) is 0.437. The van der Waals surface area contributed by atoms with Gasteiger partial charge in [-0.25, -0.2) is 15.6 Å². The summed E-state index contributed by atoms with van der Waals surface area (Å²) in [6.45, 7) is 3.87. The van der Waals surface area contributed by atoms with Gasteiger partial charge in [-0.2, -0.15) is 4.98 Å². The van der Waals surface area contributed by atoms with Crippen LogP contribution < -0.4 is 16.6 Å². The Labute approximate surface area is 120 Å². The Kier molecular flexibility index (Phi) is 4.35. The maximum absolute atomic E-state index is 11.8. The summed E-state index contributed by atoms with van der Waals surface area (Å²) < 4.78 is 4.81. The number of carbonyl (C=O) groups excluding carboxylic acids is 1. The van der Waals surface area contributed by atoms with Crippen molar-refractivity contribution >= 4 is 39.3 Å². The summed E-state index contributed by atoms with van der Waals surface area (Å²) in [6.07, 6.45) is 0. The summed E-state index contributed by atoms with van der Waals surface area (Å²) in [5, 5.41) is 5.88. The molecule has 0 aliphatic rings. The summed E-state index contributed by atoms with van der Waals surface area (Å²) in [7, 11) is 1.37. The van der Waals surface area contributed by atoms with Crippen molar-refractivity contribution in [3.05, 3.63) is 11.4 Å². The van der Waals surface area contributed by atoms with Crippen molar-refractivity contribution in [1.82, 2.24) is 9.97 Å². The SMILES string of the molecule is COC(=O)C(Nc1nc(NN)nc2sccc12)C(C)C. The highest BCUT2D eigenvalue weighted by Crippen LogP contribution is 2.27. The van der Waals surface area contributed by atoms with Crippen LogP contribution in [0.4, 0.5) is 11.8 Å². The minimum Gasteiger partial charge on any atom is -0.467 e. The number of esters is 1. The maximum Gasteiger partial charge on any atom is 0.328 e. The highest BCUT2D eigenvalue weighted by Gasteiger charge is 2.24. The fourth-order valence-corrected chi connectivity index (χ4v) is 2.57. The number of nitrogen functional groups attached to an aromatic ring is 1. The molecular formula is C12H17N5O2S. The van der Waals surface area contributed by atoms with Crippen LogP contribution in [0.5, 0.6) is 0 Å². The number of hydrogen-bond donors (Lipinski definition) is 3. The Morgan fingerprint density at radius 1 is 1.45 bits per heavy atom. The van der Waals surface area contributed by atoms with Crippen molar-refractivity contribution in [2.24, 2.45) is 11.8 Å². The first-order valence-corrected chi connectivity index (χ1v) is 7.01. The second-order valence-corrected chi connectivity index (χ2v) is 5.46. The van der Waals surface area contributed by atoms with Gasteiger partial charge in [0.05, 0.1) is 12.5 Å². The molecule has 0 fully saturated rings. The molecule has 2 rings (SSSR count). The van der Waals surface area contributed by atoms with Gasteiger partial charge in [-0.3, -0.25) is 5.43 Å². The van der Waals surface area contributed by atoms with Crippen LogP contribution in [0.1, 0.15) is 13.8 Å². The summed E-state index contributed by atoms with van der Waals surface area (Å²) in [5.41, 5.74) is 2.42. The van der Waals surface area contributed by atoms with E-state index in [1.54, 1.807) is 0 Å². The predicted octanol–water partition coefficient (Wildman–Crippen LogP) is 1.59. The number of hydrogen-bond acceptors (Lipinski definition) is 8. The summed E-state index contributed by atoms with van der Waals surface area (Å²) in [6, 6.07) is 1.42. The molecule has 20 heavy (non-hydrogen) atoms. The zero-order valence-electron chi connectivity index (χ0n) is 11.5. The Morgan fingerprint density at radius 3 is 2.80 bits per heavy atom. The zero-order valence-corrected chi connectivity index (χ0v) is 12.3. The van der Waals surface area contributed by atoms with Gasteiger partial charge < -0.3 is 10.1 Å². The molecule has 0 amide bonds. The van der Waals surface area contributed by atoms with Crippen molar-refractivity contribution in [1.29, 1.82) is 0 Å². The Balaban J connectivity index is 2.40. The molecule has 7 nitrogen and oxygen atoms in total. The molecule has 0 spiro atoms. The Hall–Kier alpha value is -1.93.